The maximum Gasteiger partial charge on any atom is 0.490 e. The van der Waals surface area contributed by atoms with E-state index in [4.69, 9.17) is 24.7 Å². The number of amides is 1. The highest BCUT2D eigenvalue weighted by atomic mass is 32.2. The van der Waals surface area contributed by atoms with Gasteiger partial charge in [0.1, 0.15) is 52.9 Å². The lowest BCUT2D eigenvalue weighted by Gasteiger charge is -2.27. The normalized spacial score (nSPS) is 19.3. The number of hydrogen-bond donors (Lipinski definition) is 7. The molecule has 0 bridgehead atoms. The van der Waals surface area contributed by atoms with E-state index in [-0.39, 0.29) is 41.6 Å². The van der Waals surface area contributed by atoms with Gasteiger partial charge in [-0.05, 0) is 75.1 Å². The zero-order valence-electron chi connectivity index (χ0n) is 43.6. The van der Waals surface area contributed by atoms with Crippen molar-refractivity contribution in [2.45, 2.75) is 95.5 Å². The van der Waals surface area contributed by atoms with Crippen LogP contribution in [-0.2, 0) is 51.9 Å². The first-order chi connectivity index (χ1) is 37.1. The van der Waals surface area contributed by atoms with Crippen molar-refractivity contribution in [3.05, 3.63) is 129 Å². The first kappa shape index (κ1) is 60.7. The molecule has 3 aromatic rings. The molecule has 0 saturated carbocycles. The highest BCUT2D eigenvalue weighted by Gasteiger charge is 2.44. The molecule has 0 radical (unpaired) electrons. The summed E-state index contributed by atoms with van der Waals surface area (Å²) in [5.41, 5.74) is 10.5. The molecule has 4 aliphatic rings. The molecule has 2 aromatic carbocycles. The molecule has 1 saturated heterocycles. The molecule has 1 aliphatic carbocycles. The number of fused-ring (bicyclic) bond motifs is 2. The average molecular weight is 1170 g/mol. The summed E-state index contributed by atoms with van der Waals surface area (Å²) in [5, 5.41) is 14.3. The number of benzene rings is 3. The van der Waals surface area contributed by atoms with E-state index in [2.05, 4.69) is 82.9 Å². The maximum atomic E-state index is 12.9. The number of carbonyl (C=O) groups excluding carboxylic acids is 1. The van der Waals surface area contributed by atoms with Gasteiger partial charge in [0.15, 0.2) is 0 Å². The van der Waals surface area contributed by atoms with Crippen molar-refractivity contribution in [2.75, 3.05) is 43.4 Å². The van der Waals surface area contributed by atoms with E-state index in [0.717, 1.165) is 68.2 Å². The number of phosphoric acid groups is 3. The zero-order chi connectivity index (χ0) is 57.7. The number of aliphatic hydroxyl groups is 1. The first-order valence-corrected chi connectivity index (χ1v) is 30.8. The summed E-state index contributed by atoms with van der Waals surface area (Å²) in [6.07, 6.45) is 4.80. The summed E-state index contributed by atoms with van der Waals surface area (Å²) in [6, 6.07) is 20.6. The molecule has 8 N–H and O–H groups in total. The van der Waals surface area contributed by atoms with Gasteiger partial charge >= 0.3 is 29.2 Å². The number of ether oxygens (including phenoxy) is 1. The number of nitrogens with zero attached hydrogens (tertiary/aromatic N) is 4. The van der Waals surface area contributed by atoms with Crippen LogP contribution in [0, 0.1) is 18.8 Å². The molecular formula is C51H61N6O18P3S. The number of nitrogen functional groups attached to an aromatic ring is 1. The van der Waals surface area contributed by atoms with E-state index in [1.165, 1.54) is 18.3 Å². The number of phosphoric ester groups is 1. The molecule has 1 amide bonds. The molecule has 79 heavy (non-hydrogen) atoms. The van der Waals surface area contributed by atoms with Crippen LogP contribution in [0.25, 0.3) is 28.7 Å². The van der Waals surface area contributed by atoms with Gasteiger partial charge in [-0.2, -0.15) is 13.6 Å². The monoisotopic (exact) mass is 1170 g/mol. The summed E-state index contributed by atoms with van der Waals surface area (Å²) in [6.45, 7) is 11.3. The number of carbonyl (C=O) groups is 1. The minimum atomic E-state index is -5.79. The number of aliphatic hydroxyl groups excluding tert-OH is 1. The predicted molar refractivity (Wildman–Crippen MR) is 289 cm³/mol. The van der Waals surface area contributed by atoms with Crippen LogP contribution in [-0.4, -0.2) is 98.1 Å². The van der Waals surface area contributed by atoms with Gasteiger partial charge in [0.2, 0.25) is 11.3 Å². The van der Waals surface area contributed by atoms with Crippen LogP contribution in [0.15, 0.2) is 105 Å². The minimum Gasteiger partial charge on any atom is -0.744 e. The molecule has 7 rings (SSSR count). The molecule has 424 valence electrons. The number of allylic oxidation sites excluding steroid dienone is 3. The Kier molecular flexibility index (Phi) is 19.1. The Balaban J connectivity index is 0.992. The van der Waals surface area contributed by atoms with E-state index < -0.39 is 69.7 Å². The van der Waals surface area contributed by atoms with Gasteiger partial charge in [-0.3, -0.25) is 13.9 Å². The number of rotatable bonds is 21. The van der Waals surface area contributed by atoms with Crippen LogP contribution in [0.5, 0.6) is 0 Å². The van der Waals surface area contributed by atoms with Gasteiger partial charge in [-0.25, -0.2) is 31.5 Å². The SMILES string of the molecule is CC[N+](CC)=c1ccc2c(/C=C/C=C3/N(CCCCCC(=O)NCC#Cc4cn([C@H]5C[C@H](O)[C@@H](COP(=O)(O)OP(=O)(O)OP(=O)(O)O)O5)c(=O)nc4N)c4ccc(S(=O)(=O)[O-])cc4C3(C)C)c(C)c(-c3ccccc3)oc-2c1. The topological polar surface area (TPSA) is 356 Å². The Labute approximate surface area is 455 Å². The lowest BCUT2D eigenvalue weighted by Crippen LogP contribution is -2.29. The van der Waals surface area contributed by atoms with Crippen molar-refractivity contribution in [1.82, 2.24) is 19.4 Å². The number of nitrogens with one attached hydrogen (secondary N) is 1. The van der Waals surface area contributed by atoms with E-state index in [1.807, 2.05) is 63.3 Å². The Morgan fingerprint density at radius 2 is 1.73 bits per heavy atom. The van der Waals surface area contributed by atoms with E-state index in [9.17, 15) is 51.1 Å². The maximum absolute atomic E-state index is 12.9. The van der Waals surface area contributed by atoms with Crippen LogP contribution in [0.1, 0.15) is 88.3 Å². The Bertz CT molecular complexity index is 3600. The molecule has 2 unspecified atom stereocenters. The number of aromatic nitrogens is 2. The van der Waals surface area contributed by atoms with Gasteiger partial charge in [0, 0.05) is 65.1 Å². The second kappa shape index (κ2) is 24.9. The third-order valence-corrected chi connectivity index (χ3v) is 17.9. The fourth-order valence-corrected chi connectivity index (χ4v) is 12.9. The van der Waals surface area contributed by atoms with E-state index in [1.54, 1.807) is 6.07 Å². The summed E-state index contributed by atoms with van der Waals surface area (Å²) >= 11 is 0. The highest BCUT2D eigenvalue weighted by Crippen LogP contribution is 2.66. The van der Waals surface area contributed by atoms with Crippen molar-refractivity contribution in [2.24, 2.45) is 0 Å². The number of hydrogen-bond acceptors (Lipinski definition) is 17. The van der Waals surface area contributed by atoms with Crippen molar-refractivity contribution in [3.8, 4) is 34.5 Å². The van der Waals surface area contributed by atoms with Crippen molar-refractivity contribution in [3.63, 3.8) is 0 Å². The number of nitrogens with two attached hydrogens (primary N) is 1. The molecule has 1 aromatic heterocycles. The van der Waals surface area contributed by atoms with Crippen LogP contribution in [0.3, 0.4) is 0 Å². The van der Waals surface area contributed by atoms with Crippen LogP contribution < -0.4 is 31.6 Å². The Hall–Kier alpha value is -5.90. The first-order valence-electron chi connectivity index (χ1n) is 24.8. The Morgan fingerprint density at radius 3 is 2.42 bits per heavy atom. The lowest BCUT2D eigenvalue weighted by atomic mass is 9.83. The third-order valence-electron chi connectivity index (χ3n) is 13.2. The molecule has 28 heteroatoms. The van der Waals surface area contributed by atoms with Crippen molar-refractivity contribution in [1.29, 1.82) is 0 Å². The van der Waals surface area contributed by atoms with Crippen LogP contribution in [0.2, 0.25) is 0 Å². The smallest absolute Gasteiger partial charge is 0.490 e. The van der Waals surface area contributed by atoms with Gasteiger partial charge in [-0.1, -0.05) is 74.6 Å². The summed E-state index contributed by atoms with van der Waals surface area (Å²) in [4.78, 5) is 67.8. The molecule has 3 aliphatic heterocycles. The van der Waals surface area contributed by atoms with Gasteiger partial charge in [0.05, 0.1) is 35.8 Å². The summed E-state index contributed by atoms with van der Waals surface area (Å²) in [5.74, 6) is 6.40. The van der Waals surface area contributed by atoms with E-state index >= 15 is 0 Å². The quantitative estimate of drug-likeness (QED) is 0.0154. The number of unbranched alkanes of at least 4 members (excludes halogenated alkanes) is 2. The fourth-order valence-electron chi connectivity index (χ4n) is 9.37. The van der Waals surface area contributed by atoms with Crippen molar-refractivity contribution < 1.29 is 78.4 Å². The largest absolute Gasteiger partial charge is 0.744 e. The van der Waals surface area contributed by atoms with Gasteiger partial charge in [-0.15, -0.1) is 0 Å². The standard InChI is InChI=1S/C51H61N6O18P3S/c1-6-55(7-2)36-22-24-39-38(33(3)48(73-43(39)28-36)34-16-10-8-11-17-34)19-14-20-45-51(4,5)40-29-37(79(68,69)70)23-25-41(40)56(45)27-13-9-12-21-46(59)53-26-15-18-35-31-57(50(60)54-49(35)52)47-30-42(58)44(72-47)32-71-77(64,65)75-78(66,67)74-76(61,62)63/h8,10-11,14,16-17,19-20,22-25,28-29,31,42,44,47,58H,6-7,9,12-13,21,26-27,30,32H2,1-5H3,(H7-,52,53,54,59,60,61,62,63,64,65,66,67,68,69,70)/t42-,44+,47+/m0/s1. The van der Waals surface area contributed by atoms with Crippen molar-refractivity contribution >= 4 is 57.1 Å². The van der Waals surface area contributed by atoms with Gasteiger partial charge < -0.3 is 54.3 Å². The lowest BCUT2D eigenvalue weighted by molar-refractivity contribution is -0.120. The molecule has 0 spiro atoms. The molecule has 1 fully saturated rings. The second-order valence-electron chi connectivity index (χ2n) is 18.9. The molecule has 4 heterocycles. The fraction of sp³-hybridized carbons (Fsp3) is 0.373. The molecule has 24 nitrogen and oxygen atoms in total. The predicted octanol–water partition coefficient (Wildman–Crippen LogP) is 5.63. The second-order valence-corrected chi connectivity index (χ2v) is 24.7. The van der Waals surface area contributed by atoms with Crippen LogP contribution >= 0.6 is 23.5 Å². The highest BCUT2D eigenvalue weighted by molar-refractivity contribution is 7.85. The summed E-state index contributed by atoms with van der Waals surface area (Å²) < 4.78 is 98.6. The number of anilines is 2. The van der Waals surface area contributed by atoms with Gasteiger partial charge in [0.25, 0.3) is 0 Å². The minimum absolute atomic E-state index is 0.0476. The molecular weight excluding hydrogens is 1110 g/mol. The average Bonchev–Trinajstić information content (AvgIpc) is 3.97. The Morgan fingerprint density at radius 1 is 1.01 bits per heavy atom. The van der Waals surface area contributed by atoms with E-state index in [0.29, 0.717) is 31.4 Å². The zero-order valence-corrected chi connectivity index (χ0v) is 47.1. The van der Waals surface area contributed by atoms with Crippen LogP contribution in [0.4, 0.5) is 11.5 Å². The molecule has 5 atom stereocenters. The third kappa shape index (κ3) is 15.1. The summed E-state index contributed by atoms with van der Waals surface area (Å²) in [7, 11) is -21.7.